The average Bonchev–Trinajstić information content (AvgIpc) is 2.37. The zero-order chi connectivity index (χ0) is 16.0. The lowest BCUT2D eigenvalue weighted by molar-refractivity contribution is 0.512. The molecule has 0 aliphatic heterocycles. The molecule has 0 fully saturated rings. The van der Waals surface area contributed by atoms with Gasteiger partial charge in [0.25, 0.3) is 0 Å². The number of nitrogens with one attached hydrogen (secondary N) is 2. The largest absolute Gasteiger partial charge is 0.313 e. The fourth-order valence-corrected chi connectivity index (χ4v) is 3.84. The lowest BCUT2D eigenvalue weighted by Gasteiger charge is -2.15. The summed E-state index contributed by atoms with van der Waals surface area (Å²) >= 11 is 1.48. The van der Waals surface area contributed by atoms with Crippen LogP contribution in [0.3, 0.4) is 0 Å². The molecule has 1 aromatic carbocycles. The van der Waals surface area contributed by atoms with Gasteiger partial charge in [0.15, 0.2) is 5.82 Å². The first-order valence-corrected chi connectivity index (χ1v) is 9.40. The van der Waals surface area contributed by atoms with Gasteiger partial charge in [-0.05, 0) is 31.9 Å². The predicted octanol–water partition coefficient (Wildman–Crippen LogP) is 2.10. The molecule has 1 atom stereocenters. The van der Waals surface area contributed by atoms with E-state index < -0.39 is 26.6 Å². The van der Waals surface area contributed by atoms with Crippen LogP contribution in [0.5, 0.6) is 0 Å². The molecule has 0 heterocycles. The lowest BCUT2D eigenvalue weighted by Crippen LogP contribution is -2.35. The summed E-state index contributed by atoms with van der Waals surface area (Å²) in [5.41, 5.74) is -0.266. The summed E-state index contributed by atoms with van der Waals surface area (Å²) in [6, 6.07) is 1.59. The first-order valence-electron chi connectivity index (χ1n) is 6.52. The minimum absolute atomic E-state index is 0.0576. The summed E-state index contributed by atoms with van der Waals surface area (Å²) < 4.78 is 54.6. The smallest absolute Gasteiger partial charge is 0.243 e. The second-order valence-electron chi connectivity index (χ2n) is 4.60. The molecule has 0 saturated heterocycles. The Hall–Kier alpha value is -0.700. The summed E-state index contributed by atoms with van der Waals surface area (Å²) in [5.74, 6) is -1.24. The Labute approximate surface area is 128 Å². The van der Waals surface area contributed by atoms with Gasteiger partial charge in [-0.15, -0.1) is 0 Å². The predicted molar refractivity (Wildman–Crippen MR) is 81.9 cm³/mol. The lowest BCUT2D eigenvalue weighted by atomic mass is 10.2. The number of thioether (sulfide) groups is 1. The van der Waals surface area contributed by atoms with E-state index in [4.69, 9.17) is 0 Å². The first kappa shape index (κ1) is 18.3. The molecule has 0 bridgehead atoms. The normalized spacial score (nSPS) is 13.4. The van der Waals surface area contributed by atoms with Crippen LogP contribution in [0.2, 0.25) is 0 Å². The van der Waals surface area contributed by atoms with Crippen LogP contribution in [0.25, 0.3) is 0 Å². The Kier molecular flexibility index (Phi) is 7.05. The third-order valence-corrected chi connectivity index (χ3v) is 5.21. The molecule has 1 aromatic rings. The van der Waals surface area contributed by atoms with Gasteiger partial charge in [0.1, 0.15) is 10.7 Å². The molecule has 120 valence electrons. The van der Waals surface area contributed by atoms with Crippen LogP contribution >= 0.6 is 11.8 Å². The fraction of sp³-hybridized carbons (Fsp3) is 0.538. The molecule has 8 heteroatoms. The van der Waals surface area contributed by atoms with Gasteiger partial charge in [0, 0.05) is 23.9 Å². The van der Waals surface area contributed by atoms with Crippen molar-refractivity contribution in [3.8, 4) is 0 Å². The van der Waals surface area contributed by atoms with Crippen LogP contribution in [0.15, 0.2) is 17.0 Å². The van der Waals surface area contributed by atoms with Crippen molar-refractivity contribution < 1.29 is 17.2 Å². The van der Waals surface area contributed by atoms with Crippen LogP contribution in [-0.2, 0) is 16.6 Å². The molecule has 0 amide bonds. The van der Waals surface area contributed by atoms with Gasteiger partial charge in [0.05, 0.1) is 0 Å². The summed E-state index contributed by atoms with van der Waals surface area (Å²) in [7, 11) is -4.01. The molecule has 4 nitrogen and oxygen atoms in total. The van der Waals surface area contributed by atoms with Gasteiger partial charge in [-0.1, -0.05) is 6.92 Å². The standard InChI is InChI=1S/C13H20F2N2O2S2/c1-4-16-7-10-11(14)5-6-12(13(10)15)21(18,19)17-9(2)8-20-3/h5-6,9,16-17H,4,7-8H2,1-3H3. The second-order valence-corrected chi connectivity index (χ2v) is 7.19. The van der Waals surface area contributed by atoms with E-state index in [0.29, 0.717) is 12.3 Å². The molecule has 2 N–H and O–H groups in total. The molecular weight excluding hydrogens is 318 g/mol. The first-order chi connectivity index (χ1) is 9.83. The SMILES string of the molecule is CCNCc1c(F)ccc(S(=O)(=O)NC(C)CSC)c1F. The molecule has 1 rings (SSSR count). The average molecular weight is 338 g/mol. The van der Waals surface area contributed by atoms with Gasteiger partial charge >= 0.3 is 0 Å². The Balaban J connectivity index is 3.12. The molecule has 0 saturated carbocycles. The minimum Gasteiger partial charge on any atom is -0.313 e. The van der Waals surface area contributed by atoms with E-state index in [2.05, 4.69) is 10.0 Å². The minimum atomic E-state index is -4.01. The van der Waals surface area contributed by atoms with E-state index in [1.165, 1.54) is 11.8 Å². The highest BCUT2D eigenvalue weighted by Crippen LogP contribution is 2.21. The Morgan fingerprint density at radius 3 is 2.57 bits per heavy atom. The zero-order valence-electron chi connectivity index (χ0n) is 12.2. The number of halogens is 2. The van der Waals surface area contributed by atoms with Crippen LogP contribution in [-0.4, -0.2) is 33.0 Å². The van der Waals surface area contributed by atoms with Crippen molar-refractivity contribution in [1.29, 1.82) is 0 Å². The summed E-state index contributed by atoms with van der Waals surface area (Å²) in [6.07, 6.45) is 1.85. The summed E-state index contributed by atoms with van der Waals surface area (Å²) in [4.78, 5) is -0.523. The van der Waals surface area contributed by atoms with Gasteiger partial charge in [-0.2, -0.15) is 11.8 Å². The maximum Gasteiger partial charge on any atom is 0.243 e. The fourth-order valence-electron chi connectivity index (χ4n) is 1.81. The van der Waals surface area contributed by atoms with E-state index in [9.17, 15) is 17.2 Å². The molecule has 0 spiro atoms. The zero-order valence-corrected chi connectivity index (χ0v) is 13.9. The molecule has 0 aliphatic carbocycles. The van der Waals surface area contributed by atoms with Crippen molar-refractivity contribution in [2.24, 2.45) is 0 Å². The van der Waals surface area contributed by atoms with Crippen molar-refractivity contribution in [3.63, 3.8) is 0 Å². The van der Waals surface area contributed by atoms with Crippen LogP contribution in [0.4, 0.5) is 8.78 Å². The van der Waals surface area contributed by atoms with Crippen molar-refractivity contribution in [1.82, 2.24) is 10.0 Å². The number of hydrogen-bond acceptors (Lipinski definition) is 4. The van der Waals surface area contributed by atoms with Crippen molar-refractivity contribution in [3.05, 3.63) is 29.3 Å². The van der Waals surface area contributed by atoms with Crippen molar-refractivity contribution >= 4 is 21.8 Å². The number of benzene rings is 1. The number of sulfonamides is 1. The molecule has 21 heavy (non-hydrogen) atoms. The third-order valence-electron chi connectivity index (χ3n) is 2.76. The summed E-state index contributed by atoms with van der Waals surface area (Å²) in [5, 5.41) is 2.79. The van der Waals surface area contributed by atoms with E-state index in [0.717, 1.165) is 12.1 Å². The van der Waals surface area contributed by atoms with E-state index in [1.807, 2.05) is 6.26 Å². The maximum absolute atomic E-state index is 14.3. The highest BCUT2D eigenvalue weighted by atomic mass is 32.2. The Morgan fingerprint density at radius 2 is 2.00 bits per heavy atom. The van der Waals surface area contributed by atoms with Gasteiger partial charge in [-0.25, -0.2) is 21.9 Å². The summed E-state index contributed by atoms with van der Waals surface area (Å²) in [6.45, 7) is 3.95. The second kappa shape index (κ2) is 8.07. The Morgan fingerprint density at radius 1 is 1.33 bits per heavy atom. The third kappa shape index (κ3) is 4.91. The molecule has 0 aromatic heterocycles. The van der Waals surface area contributed by atoms with Gasteiger partial charge in [-0.3, -0.25) is 0 Å². The number of rotatable bonds is 8. The highest BCUT2D eigenvalue weighted by Gasteiger charge is 2.24. The quantitative estimate of drug-likeness (QED) is 0.762. The van der Waals surface area contributed by atoms with Crippen LogP contribution in [0, 0.1) is 11.6 Å². The number of hydrogen-bond donors (Lipinski definition) is 2. The monoisotopic (exact) mass is 338 g/mol. The Bertz CT molecular complexity index is 580. The van der Waals surface area contributed by atoms with Crippen LogP contribution < -0.4 is 10.0 Å². The van der Waals surface area contributed by atoms with Crippen molar-refractivity contribution in [2.75, 3.05) is 18.6 Å². The van der Waals surface area contributed by atoms with Crippen LogP contribution in [0.1, 0.15) is 19.4 Å². The highest BCUT2D eigenvalue weighted by molar-refractivity contribution is 7.98. The topological polar surface area (TPSA) is 58.2 Å². The molecule has 0 radical (unpaired) electrons. The maximum atomic E-state index is 14.3. The molecule has 1 unspecified atom stereocenters. The van der Waals surface area contributed by atoms with Gasteiger partial charge < -0.3 is 5.32 Å². The molecular formula is C13H20F2N2O2S2. The molecule has 0 aliphatic rings. The van der Waals surface area contributed by atoms with Gasteiger partial charge in [0.2, 0.25) is 10.0 Å². The van der Waals surface area contributed by atoms with E-state index >= 15 is 0 Å². The van der Waals surface area contributed by atoms with Crippen molar-refractivity contribution in [2.45, 2.75) is 31.3 Å². The van der Waals surface area contributed by atoms with E-state index in [1.54, 1.807) is 13.8 Å². The van der Waals surface area contributed by atoms with E-state index in [-0.39, 0.29) is 18.2 Å².